The van der Waals surface area contributed by atoms with Crippen molar-refractivity contribution in [3.8, 4) is 22.6 Å². The van der Waals surface area contributed by atoms with E-state index in [1.165, 1.54) is 33.4 Å². The van der Waals surface area contributed by atoms with Crippen LogP contribution >= 0.6 is 0 Å². The molecule has 3 aromatic rings. The summed E-state index contributed by atoms with van der Waals surface area (Å²) in [7, 11) is 0. The molecule has 2 aliphatic carbocycles. The van der Waals surface area contributed by atoms with E-state index in [0.717, 1.165) is 61.0 Å². The second kappa shape index (κ2) is 12.8. The molecule has 254 valence electrons. The second-order valence-electron chi connectivity index (χ2n) is 14.5. The van der Waals surface area contributed by atoms with Gasteiger partial charge in [0.05, 0.1) is 11.8 Å². The summed E-state index contributed by atoms with van der Waals surface area (Å²) in [5, 5.41) is 24.4. The summed E-state index contributed by atoms with van der Waals surface area (Å²) in [5.74, 6) is 0.880. The molecule has 1 fully saturated rings. The summed E-state index contributed by atoms with van der Waals surface area (Å²) in [5.41, 5.74) is 18.7. The number of nitrogens with one attached hydrogen (secondary N) is 1. The molecular weight excluding hydrogens is 612 g/mol. The Balaban J connectivity index is 0.992. The molecule has 8 heteroatoms. The van der Waals surface area contributed by atoms with E-state index < -0.39 is 6.10 Å². The predicted octanol–water partition coefficient (Wildman–Crippen LogP) is 7.37. The van der Waals surface area contributed by atoms with Gasteiger partial charge in [-0.15, -0.1) is 0 Å². The van der Waals surface area contributed by atoms with Gasteiger partial charge in [0.2, 0.25) is 0 Å². The minimum Gasteiger partial charge on any atom is -0.504 e. The van der Waals surface area contributed by atoms with Gasteiger partial charge >= 0.3 is 0 Å². The Hall–Kier alpha value is -4.40. The molecule has 49 heavy (non-hydrogen) atoms. The minimum absolute atomic E-state index is 0.0563. The predicted molar refractivity (Wildman–Crippen MR) is 193 cm³/mol. The average Bonchev–Trinajstić information content (AvgIpc) is 3.82. The molecule has 0 saturated heterocycles. The summed E-state index contributed by atoms with van der Waals surface area (Å²) in [4.78, 5) is 19.6. The van der Waals surface area contributed by atoms with Crippen molar-refractivity contribution in [3.63, 3.8) is 0 Å². The van der Waals surface area contributed by atoms with Crippen molar-refractivity contribution in [1.82, 2.24) is 4.90 Å². The number of ether oxygens (including phenoxy) is 1. The molecule has 0 bridgehead atoms. The normalized spacial score (nSPS) is 23.2. The van der Waals surface area contributed by atoms with E-state index in [4.69, 9.17) is 15.5 Å². The fourth-order valence-electron chi connectivity index (χ4n) is 9.16. The number of ketones is 1. The van der Waals surface area contributed by atoms with Gasteiger partial charge in [0, 0.05) is 54.0 Å². The molecule has 4 unspecified atom stereocenters. The quantitative estimate of drug-likeness (QED) is 0.142. The van der Waals surface area contributed by atoms with E-state index in [9.17, 15) is 15.0 Å². The number of nitrogens with zero attached hydrogens (tertiary/aromatic N) is 2. The molecule has 0 amide bonds. The van der Waals surface area contributed by atoms with Gasteiger partial charge in [-0.05, 0) is 83.2 Å². The number of allylic oxidation sites excluding steroid dienone is 1. The highest BCUT2D eigenvalue weighted by atomic mass is 16.5. The number of rotatable bonds is 13. The molecule has 3 heterocycles. The number of benzene rings is 3. The zero-order valence-corrected chi connectivity index (χ0v) is 28.3. The summed E-state index contributed by atoms with van der Waals surface area (Å²) >= 11 is 0. The highest BCUT2D eigenvalue weighted by Crippen LogP contribution is 2.65. The second-order valence-corrected chi connectivity index (χ2v) is 14.5. The van der Waals surface area contributed by atoms with Gasteiger partial charge in [-0.2, -0.15) is 0 Å². The number of Topliss-reactive ketones (excluding diaryl/α,β-unsaturated/α-hetero) is 1. The van der Waals surface area contributed by atoms with E-state index in [2.05, 4.69) is 66.0 Å². The molecule has 0 spiro atoms. The number of aliphatic hydroxyl groups excluding tert-OH is 1. The van der Waals surface area contributed by atoms with Crippen LogP contribution in [0.4, 0.5) is 5.69 Å². The van der Waals surface area contributed by atoms with Crippen LogP contribution in [0.15, 0.2) is 82.6 Å². The van der Waals surface area contributed by atoms with Gasteiger partial charge in [0.15, 0.2) is 18.2 Å². The Labute approximate surface area is 288 Å². The number of nitrogens with two attached hydrogens (primary N) is 1. The van der Waals surface area contributed by atoms with E-state index in [0.29, 0.717) is 37.5 Å². The first kappa shape index (κ1) is 31.8. The fourth-order valence-corrected chi connectivity index (χ4v) is 9.16. The van der Waals surface area contributed by atoms with E-state index in [-0.39, 0.29) is 36.3 Å². The smallest absolute Gasteiger partial charge is 0.163 e. The number of aromatic hydroxyl groups is 1. The lowest BCUT2D eigenvalue weighted by Crippen LogP contribution is -2.39. The minimum atomic E-state index is -0.568. The lowest BCUT2D eigenvalue weighted by Gasteiger charge is -2.46. The van der Waals surface area contributed by atoms with Crippen LogP contribution < -0.4 is 15.8 Å². The van der Waals surface area contributed by atoms with E-state index >= 15 is 0 Å². The lowest BCUT2D eigenvalue weighted by molar-refractivity contribution is -0.121. The van der Waals surface area contributed by atoms with E-state index in [1.54, 1.807) is 6.07 Å². The Morgan fingerprint density at radius 2 is 2.00 bits per heavy atom. The van der Waals surface area contributed by atoms with Crippen molar-refractivity contribution in [2.45, 2.75) is 94.7 Å². The number of aliphatic imine (C=N–C) groups is 1. The fraction of sp³-hybridized carbons (Fsp3) is 0.415. The van der Waals surface area contributed by atoms with Crippen LogP contribution in [0.25, 0.3) is 11.1 Å². The van der Waals surface area contributed by atoms with Crippen LogP contribution in [0.5, 0.6) is 11.5 Å². The third kappa shape index (κ3) is 5.46. The number of phenolic OH excluding ortho intramolecular Hbond substituents is 1. The van der Waals surface area contributed by atoms with Crippen LogP contribution in [-0.4, -0.2) is 46.5 Å². The summed E-state index contributed by atoms with van der Waals surface area (Å²) in [6.45, 7) is 3.07. The van der Waals surface area contributed by atoms with Gasteiger partial charge in [-0.25, -0.2) is 0 Å². The number of aryl methyl sites for hydroxylation is 1. The van der Waals surface area contributed by atoms with Crippen molar-refractivity contribution < 1.29 is 19.7 Å². The molecule has 0 radical (unpaired) electrons. The number of aliphatic hydroxyl groups is 1. The third-order valence-corrected chi connectivity index (χ3v) is 11.4. The molecular formula is C41H46N4O4. The first-order valence-corrected chi connectivity index (χ1v) is 18.0. The number of anilines is 1. The Morgan fingerprint density at radius 1 is 1.14 bits per heavy atom. The van der Waals surface area contributed by atoms with Gasteiger partial charge in [-0.1, -0.05) is 69.0 Å². The van der Waals surface area contributed by atoms with Crippen molar-refractivity contribution in [2.75, 3.05) is 18.6 Å². The maximum absolute atomic E-state index is 12.5. The molecule has 1 saturated carbocycles. The number of unbranched alkanes of at least 4 members (excludes halogenated alkanes) is 2. The standard InChI is InChI=1S/C41H46N4O4/c1-2-3-4-8-26(46)20-27(47)16-14-25-15-17-36(48)37(19-25)49-24-45-22-30-33(21-43-35(30)23-45)41-18-7-12-31(41)28-9-6-13-34-39(28)38-29(40(42)44-34)10-5-11-32(38)41/h5-6,9-11,13,15,17,19,21,23,26,31,40,44,46,48H,2-4,7-8,12,14,16,18,20,22,24,42H2,1H3. The van der Waals surface area contributed by atoms with Gasteiger partial charge in [0.1, 0.15) is 11.9 Å². The van der Waals surface area contributed by atoms with Crippen molar-refractivity contribution in [3.05, 3.63) is 99.9 Å². The molecule has 8 rings (SSSR count). The maximum Gasteiger partial charge on any atom is 0.163 e. The number of fused-ring (bicyclic) bond motifs is 4. The molecule has 8 nitrogen and oxygen atoms in total. The maximum atomic E-state index is 12.5. The first-order chi connectivity index (χ1) is 23.9. The van der Waals surface area contributed by atoms with Crippen LogP contribution in [0.2, 0.25) is 0 Å². The lowest BCUT2D eigenvalue weighted by atomic mass is 9.57. The average molecular weight is 659 g/mol. The Morgan fingerprint density at radius 3 is 2.88 bits per heavy atom. The summed E-state index contributed by atoms with van der Waals surface area (Å²) in [6.07, 6.45) is 11.6. The van der Waals surface area contributed by atoms with Crippen molar-refractivity contribution in [1.29, 1.82) is 0 Å². The molecule has 5 aliphatic rings. The number of hydrogen-bond donors (Lipinski definition) is 4. The third-order valence-electron chi connectivity index (χ3n) is 11.4. The Bertz CT molecular complexity index is 1900. The van der Waals surface area contributed by atoms with Crippen molar-refractivity contribution >= 4 is 17.7 Å². The van der Waals surface area contributed by atoms with Crippen LogP contribution in [0, 0.1) is 0 Å². The zero-order chi connectivity index (χ0) is 33.7. The number of carbonyl (C=O) groups excluding carboxylic acids is 1. The van der Waals surface area contributed by atoms with Gasteiger partial charge in [0.25, 0.3) is 0 Å². The molecule has 3 aliphatic heterocycles. The van der Waals surface area contributed by atoms with Crippen LogP contribution in [0.1, 0.15) is 99.0 Å². The van der Waals surface area contributed by atoms with Crippen LogP contribution in [0.3, 0.4) is 0 Å². The largest absolute Gasteiger partial charge is 0.504 e. The molecule has 5 N–H and O–H groups in total. The number of hydrogen-bond acceptors (Lipinski definition) is 8. The van der Waals surface area contributed by atoms with Crippen LogP contribution in [-0.2, 0) is 16.6 Å². The number of phenols is 1. The molecule has 4 atom stereocenters. The topological polar surface area (TPSA) is 120 Å². The Kier molecular flexibility index (Phi) is 8.32. The van der Waals surface area contributed by atoms with E-state index in [1.807, 2.05) is 12.1 Å². The summed E-state index contributed by atoms with van der Waals surface area (Å²) in [6, 6.07) is 18.6. The highest BCUT2D eigenvalue weighted by molar-refractivity contribution is 5.97. The van der Waals surface area contributed by atoms with Crippen molar-refractivity contribution in [2.24, 2.45) is 10.7 Å². The first-order valence-electron chi connectivity index (χ1n) is 18.0. The monoisotopic (exact) mass is 658 g/mol. The molecule has 0 aromatic heterocycles. The number of carbonyl (C=O) groups is 1. The molecule has 3 aromatic carbocycles. The summed E-state index contributed by atoms with van der Waals surface area (Å²) < 4.78 is 6.18. The van der Waals surface area contributed by atoms with Gasteiger partial charge < -0.3 is 30.9 Å². The zero-order valence-electron chi connectivity index (χ0n) is 28.3. The highest BCUT2D eigenvalue weighted by Gasteiger charge is 2.54. The SMILES string of the molecule is CCCCCC(O)CC(=O)CCc1ccc(O)c(OCN2C=C3N=CC(C45CCCC4c4cccc6c4-c4c(cccc45)C(N)N6)=C3C2)c1. The van der Waals surface area contributed by atoms with Gasteiger partial charge in [-0.3, -0.25) is 9.79 Å².